The fourth-order valence-corrected chi connectivity index (χ4v) is 3.47. The van der Waals surface area contributed by atoms with Crippen molar-refractivity contribution in [2.75, 3.05) is 37.0 Å². The summed E-state index contributed by atoms with van der Waals surface area (Å²) in [5.74, 6) is -1.06. The number of nitrogens with one attached hydrogen (secondary N) is 2. The molecule has 0 radical (unpaired) electrons. The predicted octanol–water partition coefficient (Wildman–Crippen LogP) is 2.94. The maximum absolute atomic E-state index is 13.6. The molecular formula is C21H20ClFN4O3. The quantitative estimate of drug-likeness (QED) is 0.658. The van der Waals surface area contributed by atoms with Crippen LogP contribution in [0.2, 0.25) is 5.02 Å². The lowest BCUT2D eigenvalue weighted by Gasteiger charge is -2.20. The lowest BCUT2D eigenvalue weighted by atomic mass is 10.1. The number of rotatable bonds is 7. The molecule has 0 spiro atoms. The van der Waals surface area contributed by atoms with Crippen LogP contribution in [0, 0.1) is 23.1 Å². The summed E-state index contributed by atoms with van der Waals surface area (Å²) in [6.07, 6.45) is 0.0808. The van der Waals surface area contributed by atoms with E-state index in [9.17, 15) is 14.0 Å². The zero-order valence-electron chi connectivity index (χ0n) is 16.2. The van der Waals surface area contributed by atoms with Crippen LogP contribution in [0.1, 0.15) is 12.0 Å². The van der Waals surface area contributed by atoms with Gasteiger partial charge in [-0.15, -0.1) is 0 Å². The second kappa shape index (κ2) is 9.46. The summed E-state index contributed by atoms with van der Waals surface area (Å²) in [6, 6.07) is 11.1. The third kappa shape index (κ3) is 4.63. The van der Waals surface area contributed by atoms with Crippen molar-refractivity contribution in [2.24, 2.45) is 5.92 Å². The molecule has 0 aliphatic carbocycles. The van der Waals surface area contributed by atoms with Crippen molar-refractivity contribution < 1.29 is 18.7 Å². The average molecular weight is 431 g/mol. The van der Waals surface area contributed by atoms with Gasteiger partial charge in [-0.05, 0) is 30.3 Å². The number of benzene rings is 2. The average Bonchev–Trinajstić information content (AvgIpc) is 3.12. The van der Waals surface area contributed by atoms with Crippen LogP contribution in [0.3, 0.4) is 0 Å². The van der Waals surface area contributed by atoms with Crippen LogP contribution in [-0.2, 0) is 9.59 Å². The summed E-state index contributed by atoms with van der Waals surface area (Å²) in [5.41, 5.74) is 0.820. The van der Waals surface area contributed by atoms with Gasteiger partial charge in [0.25, 0.3) is 0 Å². The molecule has 2 aromatic carbocycles. The standard InChI is InChI=1S/C21H20ClFN4O3/c1-30-19-6-5-14(22)10-18(19)27-12-13(9-20(27)28)21(29)26-8-7-25-17-4-2-3-16(23)15(17)11-24/h2-6,10,13,25H,7-9,12H2,1H3,(H,26,29). The van der Waals surface area contributed by atoms with Crippen LogP contribution in [-0.4, -0.2) is 38.6 Å². The third-order valence-electron chi connectivity index (χ3n) is 4.79. The minimum atomic E-state index is -0.604. The topological polar surface area (TPSA) is 94.5 Å². The Balaban J connectivity index is 1.55. The molecule has 0 aromatic heterocycles. The highest BCUT2D eigenvalue weighted by atomic mass is 35.5. The summed E-state index contributed by atoms with van der Waals surface area (Å²) < 4.78 is 18.9. The van der Waals surface area contributed by atoms with E-state index in [-0.39, 0.29) is 36.9 Å². The summed E-state index contributed by atoms with van der Waals surface area (Å²) in [7, 11) is 1.50. The molecule has 2 aromatic rings. The molecule has 1 heterocycles. The highest BCUT2D eigenvalue weighted by Gasteiger charge is 2.36. The minimum absolute atomic E-state index is 0.0728. The Kier molecular flexibility index (Phi) is 6.75. The lowest BCUT2D eigenvalue weighted by Crippen LogP contribution is -2.35. The smallest absolute Gasteiger partial charge is 0.227 e. The van der Waals surface area contributed by atoms with Crippen LogP contribution < -0.4 is 20.3 Å². The molecule has 0 bridgehead atoms. The fourth-order valence-electron chi connectivity index (χ4n) is 3.30. The highest BCUT2D eigenvalue weighted by molar-refractivity contribution is 6.31. The zero-order chi connectivity index (χ0) is 21.7. The van der Waals surface area contributed by atoms with Crippen LogP contribution in [0.15, 0.2) is 36.4 Å². The van der Waals surface area contributed by atoms with Crippen molar-refractivity contribution in [3.8, 4) is 11.8 Å². The van der Waals surface area contributed by atoms with Gasteiger partial charge in [0.1, 0.15) is 23.2 Å². The molecular weight excluding hydrogens is 411 g/mol. The van der Waals surface area contributed by atoms with Gasteiger partial charge >= 0.3 is 0 Å². The molecule has 2 amide bonds. The molecule has 1 unspecified atom stereocenters. The molecule has 9 heteroatoms. The molecule has 2 N–H and O–H groups in total. The Hall–Kier alpha value is -3.31. The van der Waals surface area contributed by atoms with E-state index in [0.29, 0.717) is 28.7 Å². The van der Waals surface area contributed by atoms with E-state index in [0.717, 1.165) is 0 Å². The first-order chi connectivity index (χ1) is 14.4. The third-order valence-corrected chi connectivity index (χ3v) is 5.03. The van der Waals surface area contributed by atoms with Crippen LogP contribution in [0.25, 0.3) is 0 Å². The molecule has 1 aliphatic rings. The Bertz CT molecular complexity index is 1010. The number of nitrogens with zero attached hydrogens (tertiary/aromatic N) is 2. The van der Waals surface area contributed by atoms with Gasteiger partial charge in [-0.3, -0.25) is 9.59 Å². The fraction of sp³-hybridized carbons (Fsp3) is 0.286. The Morgan fingerprint density at radius 2 is 2.17 bits per heavy atom. The Morgan fingerprint density at radius 3 is 2.90 bits per heavy atom. The van der Waals surface area contributed by atoms with Crippen molar-refractivity contribution in [2.45, 2.75) is 6.42 Å². The van der Waals surface area contributed by atoms with Gasteiger partial charge in [-0.2, -0.15) is 5.26 Å². The number of halogens is 2. The van der Waals surface area contributed by atoms with Crippen molar-refractivity contribution in [3.05, 3.63) is 52.8 Å². The van der Waals surface area contributed by atoms with Gasteiger partial charge in [0.05, 0.1) is 24.4 Å². The summed E-state index contributed by atoms with van der Waals surface area (Å²) in [6.45, 7) is 0.777. The van der Waals surface area contributed by atoms with E-state index >= 15 is 0 Å². The molecule has 1 saturated heterocycles. The summed E-state index contributed by atoms with van der Waals surface area (Å²) in [5, 5.41) is 15.2. The molecule has 3 rings (SSSR count). The first-order valence-corrected chi connectivity index (χ1v) is 9.66. The van der Waals surface area contributed by atoms with E-state index in [1.165, 1.54) is 24.1 Å². The van der Waals surface area contributed by atoms with Gasteiger partial charge in [0.2, 0.25) is 11.8 Å². The normalized spacial score (nSPS) is 15.6. The number of methoxy groups -OCH3 is 1. The van der Waals surface area contributed by atoms with Crippen molar-refractivity contribution in [1.29, 1.82) is 5.26 Å². The number of nitriles is 1. The van der Waals surface area contributed by atoms with Gasteiger partial charge in [0.15, 0.2) is 0 Å². The Labute approximate surface area is 178 Å². The number of hydrogen-bond donors (Lipinski definition) is 2. The van der Waals surface area contributed by atoms with Crippen molar-refractivity contribution >= 4 is 34.8 Å². The maximum atomic E-state index is 13.6. The van der Waals surface area contributed by atoms with Gasteiger partial charge in [-0.25, -0.2) is 4.39 Å². The monoisotopic (exact) mass is 430 g/mol. The summed E-state index contributed by atoms with van der Waals surface area (Å²) in [4.78, 5) is 26.4. The largest absolute Gasteiger partial charge is 0.495 e. The second-order valence-electron chi connectivity index (χ2n) is 6.71. The molecule has 30 heavy (non-hydrogen) atoms. The lowest BCUT2D eigenvalue weighted by molar-refractivity contribution is -0.126. The number of ether oxygens (including phenoxy) is 1. The summed E-state index contributed by atoms with van der Waals surface area (Å²) >= 11 is 6.04. The van der Waals surface area contributed by atoms with Crippen LogP contribution in [0.5, 0.6) is 5.75 Å². The van der Waals surface area contributed by atoms with E-state index in [2.05, 4.69) is 10.6 Å². The molecule has 1 fully saturated rings. The molecule has 1 atom stereocenters. The molecule has 0 saturated carbocycles. The molecule has 7 nitrogen and oxygen atoms in total. The van der Waals surface area contributed by atoms with E-state index in [1.54, 1.807) is 24.3 Å². The number of hydrogen-bond acceptors (Lipinski definition) is 5. The van der Waals surface area contributed by atoms with Crippen LogP contribution in [0.4, 0.5) is 15.8 Å². The number of amides is 2. The SMILES string of the molecule is COc1ccc(Cl)cc1N1CC(C(=O)NCCNc2cccc(F)c2C#N)CC1=O. The van der Waals surface area contributed by atoms with E-state index < -0.39 is 11.7 Å². The van der Waals surface area contributed by atoms with E-state index in [4.69, 9.17) is 21.6 Å². The van der Waals surface area contributed by atoms with Crippen LogP contribution >= 0.6 is 11.6 Å². The highest BCUT2D eigenvalue weighted by Crippen LogP contribution is 2.35. The predicted molar refractivity (Wildman–Crippen MR) is 111 cm³/mol. The van der Waals surface area contributed by atoms with Gasteiger partial charge in [0, 0.05) is 31.1 Å². The van der Waals surface area contributed by atoms with Crippen molar-refractivity contribution in [3.63, 3.8) is 0 Å². The zero-order valence-corrected chi connectivity index (χ0v) is 17.0. The first kappa shape index (κ1) is 21.4. The number of carbonyl (C=O) groups is 2. The minimum Gasteiger partial charge on any atom is -0.495 e. The van der Waals surface area contributed by atoms with Gasteiger partial charge < -0.3 is 20.3 Å². The molecule has 156 valence electrons. The number of anilines is 2. The van der Waals surface area contributed by atoms with Gasteiger partial charge in [-0.1, -0.05) is 17.7 Å². The first-order valence-electron chi connectivity index (χ1n) is 9.28. The molecule has 1 aliphatic heterocycles. The maximum Gasteiger partial charge on any atom is 0.227 e. The number of carbonyl (C=O) groups excluding carboxylic acids is 2. The van der Waals surface area contributed by atoms with E-state index in [1.807, 2.05) is 6.07 Å². The van der Waals surface area contributed by atoms with Crippen molar-refractivity contribution in [1.82, 2.24) is 5.32 Å². The second-order valence-corrected chi connectivity index (χ2v) is 7.15. The Morgan fingerprint density at radius 1 is 1.37 bits per heavy atom.